The highest BCUT2D eigenvalue weighted by atomic mass is 16.6. The molecule has 1 aliphatic rings. The Labute approximate surface area is 211 Å². The van der Waals surface area contributed by atoms with Gasteiger partial charge in [0.25, 0.3) is 0 Å². The average Bonchev–Trinajstić information content (AvgIpc) is 3.31. The van der Waals surface area contributed by atoms with E-state index in [1.807, 2.05) is 52.0 Å². The van der Waals surface area contributed by atoms with Crippen LogP contribution in [0.4, 0.5) is 4.79 Å². The highest BCUT2D eigenvalue weighted by molar-refractivity contribution is 5.97. The van der Waals surface area contributed by atoms with E-state index in [0.29, 0.717) is 17.1 Å². The molecule has 0 bridgehead atoms. The number of aromatic nitrogens is 1. The lowest BCUT2D eigenvalue weighted by molar-refractivity contribution is 0.0542. The average molecular weight is 495 g/mol. The molecule has 2 heterocycles. The molecule has 1 N–H and O–H groups in total. The maximum absolute atomic E-state index is 12.9. The maximum atomic E-state index is 12.9. The van der Waals surface area contributed by atoms with Crippen LogP contribution >= 0.6 is 0 Å². The summed E-state index contributed by atoms with van der Waals surface area (Å²) < 4.78 is 24.3. The second kappa shape index (κ2) is 10.2. The third-order valence-electron chi connectivity index (χ3n) is 6.33. The van der Waals surface area contributed by atoms with Crippen LogP contribution in [0.1, 0.15) is 54.6 Å². The molecular formula is C28H34N2O6. The monoisotopic (exact) mass is 494 g/mol. The van der Waals surface area contributed by atoms with Crippen LogP contribution in [0.2, 0.25) is 0 Å². The standard InChI is InChI=1S/C28H34N2O6/c1-17-15-23(33-5)25(20-12-14-30(24(17)20)27(32)36-28(2,3)4)35-22-11-13-29-16-21(22)18-7-9-19(10-8-18)26(31)34-6/h7-10,12,14-15,21-22,29H,11,13,16H2,1-6H3/t21-,22+/m1/s1. The summed E-state index contributed by atoms with van der Waals surface area (Å²) in [6.07, 6.45) is 1.92. The summed E-state index contributed by atoms with van der Waals surface area (Å²) in [5.41, 5.74) is 2.57. The number of piperidine rings is 1. The van der Waals surface area contributed by atoms with Gasteiger partial charge in [-0.1, -0.05) is 12.1 Å². The summed E-state index contributed by atoms with van der Waals surface area (Å²) in [5.74, 6) is 0.903. The van der Waals surface area contributed by atoms with Crippen LogP contribution in [0.5, 0.6) is 11.5 Å². The first kappa shape index (κ1) is 25.6. The van der Waals surface area contributed by atoms with E-state index in [1.54, 1.807) is 25.4 Å². The van der Waals surface area contributed by atoms with Gasteiger partial charge in [0.05, 0.1) is 25.3 Å². The third-order valence-corrected chi connectivity index (χ3v) is 6.33. The largest absolute Gasteiger partial charge is 0.493 e. The van der Waals surface area contributed by atoms with Crippen LogP contribution < -0.4 is 14.8 Å². The number of benzene rings is 2. The Bertz CT molecular complexity index is 1260. The predicted octanol–water partition coefficient (Wildman–Crippen LogP) is 5.05. The van der Waals surface area contributed by atoms with Crippen LogP contribution in [0.25, 0.3) is 10.9 Å². The van der Waals surface area contributed by atoms with Gasteiger partial charge in [0, 0.05) is 24.0 Å². The van der Waals surface area contributed by atoms with Crippen molar-refractivity contribution in [2.45, 2.75) is 51.7 Å². The lowest BCUT2D eigenvalue weighted by Crippen LogP contribution is -2.41. The lowest BCUT2D eigenvalue weighted by Gasteiger charge is -2.33. The third kappa shape index (κ3) is 5.18. The van der Waals surface area contributed by atoms with Crippen molar-refractivity contribution in [2.75, 3.05) is 27.3 Å². The number of nitrogens with one attached hydrogen (secondary N) is 1. The van der Waals surface area contributed by atoms with Gasteiger partial charge in [-0.25, -0.2) is 9.59 Å². The van der Waals surface area contributed by atoms with Gasteiger partial charge in [0.1, 0.15) is 11.7 Å². The molecule has 1 aliphatic heterocycles. The molecule has 0 saturated carbocycles. The van der Waals surface area contributed by atoms with Crippen molar-refractivity contribution in [1.82, 2.24) is 9.88 Å². The van der Waals surface area contributed by atoms with Crippen molar-refractivity contribution in [3.05, 3.63) is 59.3 Å². The van der Waals surface area contributed by atoms with Crippen LogP contribution in [0.15, 0.2) is 42.6 Å². The Balaban J connectivity index is 1.70. The van der Waals surface area contributed by atoms with E-state index < -0.39 is 11.7 Å². The topological polar surface area (TPSA) is 88.0 Å². The summed E-state index contributed by atoms with van der Waals surface area (Å²) in [6.45, 7) is 9.02. The molecule has 8 heteroatoms. The Hall–Kier alpha value is -3.52. The van der Waals surface area contributed by atoms with Gasteiger partial charge in [-0.05, 0) is 76.1 Å². The minimum absolute atomic E-state index is 0.0550. The zero-order chi connectivity index (χ0) is 26.0. The van der Waals surface area contributed by atoms with E-state index in [9.17, 15) is 9.59 Å². The fourth-order valence-corrected chi connectivity index (χ4v) is 4.66. The SMILES string of the molecule is COC(=O)c1ccc([C@H]2CNCC[C@@H]2Oc2c(OC)cc(C)c3c2ccn3C(=O)OC(C)(C)C)cc1. The van der Waals surface area contributed by atoms with E-state index >= 15 is 0 Å². The Morgan fingerprint density at radius 1 is 1.08 bits per heavy atom. The Morgan fingerprint density at radius 3 is 2.44 bits per heavy atom. The van der Waals surface area contributed by atoms with Crippen molar-refractivity contribution >= 4 is 23.0 Å². The highest BCUT2D eigenvalue weighted by Crippen LogP contribution is 2.41. The number of esters is 1. The molecule has 192 valence electrons. The molecule has 0 spiro atoms. The first-order chi connectivity index (χ1) is 17.1. The van der Waals surface area contributed by atoms with Gasteiger partial charge >= 0.3 is 12.1 Å². The smallest absolute Gasteiger partial charge is 0.419 e. The second-order valence-corrected chi connectivity index (χ2v) is 10.0. The quantitative estimate of drug-likeness (QED) is 0.497. The van der Waals surface area contributed by atoms with Gasteiger partial charge < -0.3 is 24.3 Å². The normalized spacial score (nSPS) is 18.1. The van der Waals surface area contributed by atoms with Crippen molar-refractivity contribution in [2.24, 2.45) is 0 Å². The van der Waals surface area contributed by atoms with E-state index in [0.717, 1.165) is 41.5 Å². The molecule has 1 saturated heterocycles. The number of nitrogens with zero attached hydrogens (tertiary/aromatic N) is 1. The second-order valence-electron chi connectivity index (χ2n) is 10.0. The molecule has 0 amide bonds. The highest BCUT2D eigenvalue weighted by Gasteiger charge is 2.31. The molecular weight excluding hydrogens is 460 g/mol. The van der Waals surface area contributed by atoms with Crippen molar-refractivity contribution < 1.29 is 28.5 Å². The van der Waals surface area contributed by atoms with Crippen molar-refractivity contribution in [3.63, 3.8) is 0 Å². The van der Waals surface area contributed by atoms with Gasteiger partial charge in [0.15, 0.2) is 11.5 Å². The lowest BCUT2D eigenvalue weighted by atomic mass is 9.88. The zero-order valence-corrected chi connectivity index (χ0v) is 21.7. The summed E-state index contributed by atoms with van der Waals surface area (Å²) in [4.78, 5) is 24.8. The number of methoxy groups -OCH3 is 2. The predicted molar refractivity (Wildman–Crippen MR) is 137 cm³/mol. The molecule has 36 heavy (non-hydrogen) atoms. The summed E-state index contributed by atoms with van der Waals surface area (Å²) in [7, 11) is 2.99. The van der Waals surface area contributed by atoms with Crippen LogP contribution in [-0.4, -0.2) is 55.6 Å². The van der Waals surface area contributed by atoms with Crippen LogP contribution in [0.3, 0.4) is 0 Å². The zero-order valence-electron chi connectivity index (χ0n) is 21.7. The molecule has 4 rings (SSSR count). The van der Waals surface area contributed by atoms with Crippen LogP contribution in [0, 0.1) is 6.92 Å². The van der Waals surface area contributed by atoms with Crippen molar-refractivity contribution in [1.29, 1.82) is 0 Å². The van der Waals surface area contributed by atoms with Gasteiger partial charge in [-0.2, -0.15) is 0 Å². The first-order valence-electron chi connectivity index (χ1n) is 12.1. The fraction of sp³-hybridized carbons (Fsp3) is 0.429. The van der Waals surface area contributed by atoms with Crippen LogP contribution in [-0.2, 0) is 9.47 Å². The minimum Gasteiger partial charge on any atom is -0.493 e. The number of aryl methyl sites for hydroxylation is 1. The van der Waals surface area contributed by atoms with Gasteiger partial charge in [-0.3, -0.25) is 4.57 Å². The molecule has 2 atom stereocenters. The fourth-order valence-electron chi connectivity index (χ4n) is 4.66. The number of carbonyl (C=O) groups is 2. The molecule has 0 aliphatic carbocycles. The summed E-state index contributed by atoms with van der Waals surface area (Å²) >= 11 is 0. The molecule has 0 radical (unpaired) electrons. The summed E-state index contributed by atoms with van der Waals surface area (Å²) in [5, 5.41) is 4.23. The molecule has 0 unspecified atom stereocenters. The number of ether oxygens (including phenoxy) is 4. The molecule has 3 aromatic rings. The minimum atomic E-state index is -0.612. The Kier molecular flexibility index (Phi) is 7.26. The molecule has 1 fully saturated rings. The van der Waals surface area contributed by atoms with E-state index in [-0.39, 0.29) is 18.0 Å². The number of carbonyl (C=O) groups excluding carboxylic acids is 2. The first-order valence-corrected chi connectivity index (χ1v) is 12.1. The summed E-state index contributed by atoms with van der Waals surface area (Å²) in [6, 6.07) is 11.2. The number of rotatable bonds is 5. The van der Waals surface area contributed by atoms with E-state index in [1.165, 1.54) is 11.7 Å². The van der Waals surface area contributed by atoms with E-state index in [4.69, 9.17) is 18.9 Å². The van der Waals surface area contributed by atoms with Gasteiger partial charge in [-0.15, -0.1) is 0 Å². The number of hydrogen-bond acceptors (Lipinski definition) is 7. The van der Waals surface area contributed by atoms with E-state index in [2.05, 4.69) is 5.32 Å². The number of fused-ring (bicyclic) bond motifs is 1. The Morgan fingerprint density at radius 2 is 1.81 bits per heavy atom. The number of hydrogen-bond donors (Lipinski definition) is 1. The molecule has 1 aromatic heterocycles. The molecule has 2 aromatic carbocycles. The molecule has 8 nitrogen and oxygen atoms in total. The van der Waals surface area contributed by atoms with Gasteiger partial charge in [0.2, 0.25) is 0 Å². The maximum Gasteiger partial charge on any atom is 0.419 e. The van der Waals surface area contributed by atoms with Crippen molar-refractivity contribution in [3.8, 4) is 11.5 Å².